The quantitative estimate of drug-likeness (QED) is 0.649. The van der Waals surface area contributed by atoms with E-state index in [1.54, 1.807) is 21.3 Å². The molecule has 0 amide bonds. The molecule has 1 heterocycles. The zero-order valence-corrected chi connectivity index (χ0v) is 11.2. The molecule has 2 N–H and O–H groups in total. The van der Waals surface area contributed by atoms with Gasteiger partial charge in [-0.2, -0.15) is 0 Å². The smallest absolute Gasteiger partial charge is 0.112 e. The first-order chi connectivity index (χ1) is 8.65. The SMILES string of the molecule is COC[C@H]1O[C@@H](C[C@H](O)CO)C[C@@H](OC)[C@@H]1OC. The second kappa shape index (κ2) is 8.04. The zero-order chi connectivity index (χ0) is 13.5. The summed E-state index contributed by atoms with van der Waals surface area (Å²) in [5.74, 6) is 0. The standard InChI is InChI=1S/C12H24O6/c1-15-7-11-12(17-3)10(16-2)5-9(18-11)4-8(14)6-13/h8-14H,4-7H2,1-3H3/t8-,9-,10+,11+,12-/m0/s1. The highest BCUT2D eigenvalue weighted by molar-refractivity contribution is 4.88. The number of rotatable bonds is 7. The molecule has 5 atom stereocenters. The van der Waals surface area contributed by atoms with Gasteiger partial charge >= 0.3 is 0 Å². The van der Waals surface area contributed by atoms with Gasteiger partial charge in [0.15, 0.2) is 0 Å². The molecule has 0 aromatic rings. The third-order valence-corrected chi connectivity index (χ3v) is 3.25. The van der Waals surface area contributed by atoms with Crippen LogP contribution in [0.2, 0.25) is 0 Å². The predicted octanol–water partition coefficient (Wildman–Crippen LogP) is -0.436. The number of ether oxygens (including phenoxy) is 4. The molecular formula is C12H24O6. The molecule has 0 aromatic carbocycles. The minimum absolute atomic E-state index is 0.0974. The lowest BCUT2D eigenvalue weighted by molar-refractivity contribution is -0.204. The van der Waals surface area contributed by atoms with Crippen molar-refractivity contribution in [3.63, 3.8) is 0 Å². The summed E-state index contributed by atoms with van der Waals surface area (Å²) in [5.41, 5.74) is 0. The Morgan fingerprint density at radius 1 is 1.28 bits per heavy atom. The monoisotopic (exact) mass is 264 g/mol. The van der Waals surface area contributed by atoms with E-state index in [-0.39, 0.29) is 31.0 Å². The molecule has 0 aliphatic carbocycles. The van der Waals surface area contributed by atoms with Crippen molar-refractivity contribution in [1.29, 1.82) is 0 Å². The summed E-state index contributed by atoms with van der Waals surface area (Å²) >= 11 is 0. The molecule has 1 fully saturated rings. The molecule has 0 aromatic heterocycles. The molecule has 108 valence electrons. The van der Waals surface area contributed by atoms with Crippen molar-refractivity contribution >= 4 is 0 Å². The Bertz CT molecular complexity index is 225. The van der Waals surface area contributed by atoms with Crippen LogP contribution in [0.25, 0.3) is 0 Å². The van der Waals surface area contributed by atoms with E-state index < -0.39 is 6.10 Å². The highest BCUT2D eigenvalue weighted by Gasteiger charge is 2.39. The minimum Gasteiger partial charge on any atom is -0.394 e. The van der Waals surface area contributed by atoms with E-state index in [0.29, 0.717) is 19.4 Å². The number of aliphatic hydroxyl groups is 2. The summed E-state index contributed by atoms with van der Waals surface area (Å²) in [6.45, 7) is 0.143. The van der Waals surface area contributed by atoms with Crippen LogP contribution in [0.4, 0.5) is 0 Å². The van der Waals surface area contributed by atoms with Crippen molar-refractivity contribution in [3.8, 4) is 0 Å². The van der Waals surface area contributed by atoms with Crippen molar-refractivity contribution in [3.05, 3.63) is 0 Å². The van der Waals surface area contributed by atoms with Crippen molar-refractivity contribution < 1.29 is 29.2 Å². The molecular weight excluding hydrogens is 240 g/mol. The van der Waals surface area contributed by atoms with E-state index in [4.69, 9.17) is 24.1 Å². The van der Waals surface area contributed by atoms with Crippen LogP contribution in [0.3, 0.4) is 0 Å². The van der Waals surface area contributed by atoms with Gasteiger partial charge in [-0.3, -0.25) is 0 Å². The Morgan fingerprint density at radius 3 is 2.50 bits per heavy atom. The molecule has 6 nitrogen and oxygen atoms in total. The number of methoxy groups -OCH3 is 3. The summed E-state index contributed by atoms with van der Waals surface area (Å²) in [6, 6.07) is 0. The molecule has 1 rings (SSSR count). The summed E-state index contributed by atoms with van der Waals surface area (Å²) in [5, 5.41) is 18.3. The molecule has 0 spiro atoms. The fraction of sp³-hybridized carbons (Fsp3) is 1.00. The average Bonchev–Trinajstić information content (AvgIpc) is 2.38. The normalized spacial score (nSPS) is 34.5. The van der Waals surface area contributed by atoms with Crippen LogP contribution >= 0.6 is 0 Å². The first kappa shape index (κ1) is 15.8. The van der Waals surface area contributed by atoms with Gasteiger partial charge in [0.25, 0.3) is 0 Å². The number of aliphatic hydroxyl groups excluding tert-OH is 2. The van der Waals surface area contributed by atoms with Gasteiger partial charge < -0.3 is 29.2 Å². The van der Waals surface area contributed by atoms with Gasteiger partial charge in [0.1, 0.15) is 12.2 Å². The van der Waals surface area contributed by atoms with Crippen LogP contribution < -0.4 is 0 Å². The zero-order valence-electron chi connectivity index (χ0n) is 11.2. The van der Waals surface area contributed by atoms with Crippen molar-refractivity contribution in [1.82, 2.24) is 0 Å². The molecule has 0 saturated carbocycles. The van der Waals surface area contributed by atoms with Gasteiger partial charge in [-0.25, -0.2) is 0 Å². The van der Waals surface area contributed by atoms with Crippen molar-refractivity contribution in [2.75, 3.05) is 34.5 Å². The topological polar surface area (TPSA) is 77.4 Å². The average molecular weight is 264 g/mol. The fourth-order valence-corrected chi connectivity index (χ4v) is 2.37. The first-order valence-corrected chi connectivity index (χ1v) is 6.15. The fourth-order valence-electron chi connectivity index (χ4n) is 2.37. The molecule has 1 aliphatic heterocycles. The maximum Gasteiger partial charge on any atom is 0.112 e. The van der Waals surface area contributed by atoms with E-state index in [1.165, 1.54) is 0 Å². The van der Waals surface area contributed by atoms with Gasteiger partial charge in [0, 0.05) is 34.2 Å². The largest absolute Gasteiger partial charge is 0.394 e. The van der Waals surface area contributed by atoms with Crippen LogP contribution in [0.5, 0.6) is 0 Å². The van der Waals surface area contributed by atoms with E-state index >= 15 is 0 Å². The summed E-state index contributed by atoms with van der Waals surface area (Å²) < 4.78 is 21.8. The number of hydrogen-bond donors (Lipinski definition) is 2. The molecule has 18 heavy (non-hydrogen) atoms. The van der Waals surface area contributed by atoms with Crippen LogP contribution in [-0.4, -0.2) is 75.3 Å². The first-order valence-electron chi connectivity index (χ1n) is 6.15. The highest BCUT2D eigenvalue weighted by atomic mass is 16.6. The molecule has 0 unspecified atom stereocenters. The highest BCUT2D eigenvalue weighted by Crippen LogP contribution is 2.27. The Kier molecular flexibility index (Phi) is 7.06. The lowest BCUT2D eigenvalue weighted by Gasteiger charge is -2.40. The van der Waals surface area contributed by atoms with Crippen LogP contribution in [0.1, 0.15) is 12.8 Å². The van der Waals surface area contributed by atoms with E-state index in [2.05, 4.69) is 0 Å². The third kappa shape index (κ3) is 4.15. The van der Waals surface area contributed by atoms with Gasteiger partial charge in [0.05, 0.1) is 31.5 Å². The molecule has 0 radical (unpaired) electrons. The Hall–Kier alpha value is -0.240. The van der Waals surface area contributed by atoms with Gasteiger partial charge in [-0.15, -0.1) is 0 Å². The second-order valence-corrected chi connectivity index (χ2v) is 4.53. The molecule has 1 aliphatic rings. The van der Waals surface area contributed by atoms with Crippen LogP contribution in [0.15, 0.2) is 0 Å². The van der Waals surface area contributed by atoms with Crippen LogP contribution in [0, 0.1) is 0 Å². The second-order valence-electron chi connectivity index (χ2n) is 4.53. The Morgan fingerprint density at radius 2 is 2.00 bits per heavy atom. The molecule has 1 saturated heterocycles. The third-order valence-electron chi connectivity index (χ3n) is 3.25. The Labute approximate surface area is 108 Å². The Balaban J connectivity index is 2.63. The lowest BCUT2D eigenvalue weighted by atomic mass is 9.95. The predicted molar refractivity (Wildman–Crippen MR) is 64.5 cm³/mol. The summed E-state index contributed by atoms with van der Waals surface area (Å²) in [7, 11) is 4.85. The molecule has 6 heteroatoms. The maximum atomic E-state index is 9.48. The van der Waals surface area contributed by atoms with E-state index in [0.717, 1.165) is 0 Å². The lowest BCUT2D eigenvalue weighted by Crippen LogP contribution is -2.52. The van der Waals surface area contributed by atoms with Gasteiger partial charge in [-0.05, 0) is 0 Å². The summed E-state index contributed by atoms with van der Waals surface area (Å²) in [4.78, 5) is 0. The number of hydrogen-bond acceptors (Lipinski definition) is 6. The molecule has 0 bridgehead atoms. The van der Waals surface area contributed by atoms with Gasteiger partial charge in [0.2, 0.25) is 0 Å². The van der Waals surface area contributed by atoms with E-state index in [1.807, 2.05) is 0 Å². The summed E-state index contributed by atoms with van der Waals surface area (Å²) in [6.07, 6.45) is -0.426. The van der Waals surface area contributed by atoms with Crippen LogP contribution in [-0.2, 0) is 18.9 Å². The van der Waals surface area contributed by atoms with Gasteiger partial charge in [-0.1, -0.05) is 0 Å². The van der Waals surface area contributed by atoms with Crippen molar-refractivity contribution in [2.45, 2.75) is 43.4 Å². The van der Waals surface area contributed by atoms with Crippen molar-refractivity contribution in [2.24, 2.45) is 0 Å². The minimum atomic E-state index is -0.769. The van der Waals surface area contributed by atoms with E-state index in [9.17, 15) is 5.11 Å². The maximum absolute atomic E-state index is 9.48.